The largest absolute Gasteiger partial charge is 0.493 e. The SMILES string of the molecule is COc1cc(C2SCCS2)ccc1OC(=O)c1cc(Cl)cc(Cl)c1. The first-order chi connectivity index (χ1) is 11.6. The molecule has 24 heavy (non-hydrogen) atoms. The van der Waals surface area contributed by atoms with Crippen molar-refractivity contribution in [3.05, 3.63) is 57.6 Å². The first-order valence-electron chi connectivity index (χ1n) is 7.16. The van der Waals surface area contributed by atoms with Crippen molar-refractivity contribution in [3.63, 3.8) is 0 Å². The Hall–Kier alpha value is -1.01. The number of carbonyl (C=O) groups is 1. The zero-order valence-corrected chi connectivity index (χ0v) is 15.9. The minimum Gasteiger partial charge on any atom is -0.493 e. The Morgan fingerprint density at radius 3 is 2.33 bits per heavy atom. The molecule has 0 radical (unpaired) electrons. The van der Waals surface area contributed by atoms with Crippen LogP contribution in [0.3, 0.4) is 0 Å². The van der Waals surface area contributed by atoms with Gasteiger partial charge in [-0.25, -0.2) is 4.79 Å². The van der Waals surface area contributed by atoms with Gasteiger partial charge in [0.1, 0.15) is 0 Å². The summed E-state index contributed by atoms with van der Waals surface area (Å²) < 4.78 is 11.2. The molecule has 2 aromatic rings. The average molecular weight is 401 g/mol. The van der Waals surface area contributed by atoms with E-state index in [0.29, 0.717) is 31.7 Å². The van der Waals surface area contributed by atoms with Crippen molar-refractivity contribution < 1.29 is 14.3 Å². The summed E-state index contributed by atoms with van der Waals surface area (Å²) in [5.41, 5.74) is 1.45. The van der Waals surface area contributed by atoms with E-state index >= 15 is 0 Å². The Kier molecular flexibility index (Phi) is 5.87. The van der Waals surface area contributed by atoms with E-state index in [1.165, 1.54) is 12.1 Å². The molecule has 3 nitrogen and oxygen atoms in total. The molecule has 0 spiro atoms. The van der Waals surface area contributed by atoms with Gasteiger partial charge in [0.25, 0.3) is 0 Å². The standard InChI is InChI=1S/C17H14Cl2O3S2/c1-21-15-8-10(17-23-4-5-24-17)2-3-14(15)22-16(20)11-6-12(18)9-13(19)7-11/h2-3,6-9,17H,4-5H2,1H3. The number of hydrogen-bond donors (Lipinski definition) is 0. The van der Waals surface area contributed by atoms with Gasteiger partial charge in [-0.15, -0.1) is 23.5 Å². The Bertz CT molecular complexity index is 741. The highest BCUT2D eigenvalue weighted by molar-refractivity contribution is 8.19. The lowest BCUT2D eigenvalue weighted by Crippen LogP contribution is -2.09. The predicted octanol–water partition coefficient (Wildman–Crippen LogP) is 5.70. The maximum Gasteiger partial charge on any atom is 0.343 e. The number of halogens is 2. The molecule has 3 rings (SSSR count). The summed E-state index contributed by atoms with van der Waals surface area (Å²) in [6, 6.07) is 10.2. The second kappa shape index (κ2) is 7.91. The van der Waals surface area contributed by atoms with Crippen molar-refractivity contribution in [1.29, 1.82) is 0 Å². The summed E-state index contributed by atoms with van der Waals surface area (Å²) in [5, 5.41) is 0.763. The van der Waals surface area contributed by atoms with Crippen LogP contribution in [0.2, 0.25) is 10.0 Å². The number of methoxy groups -OCH3 is 1. The lowest BCUT2D eigenvalue weighted by Gasteiger charge is -2.14. The second-order valence-electron chi connectivity index (χ2n) is 5.03. The van der Waals surface area contributed by atoms with Gasteiger partial charge in [0, 0.05) is 21.6 Å². The minimum atomic E-state index is -0.532. The highest BCUT2D eigenvalue weighted by Crippen LogP contribution is 2.47. The molecule has 126 valence electrons. The van der Waals surface area contributed by atoms with E-state index in [-0.39, 0.29) is 0 Å². The van der Waals surface area contributed by atoms with E-state index in [1.54, 1.807) is 19.2 Å². The topological polar surface area (TPSA) is 35.5 Å². The zero-order chi connectivity index (χ0) is 17.1. The molecule has 0 atom stereocenters. The van der Waals surface area contributed by atoms with E-state index in [4.69, 9.17) is 32.7 Å². The molecular formula is C17H14Cl2O3S2. The number of esters is 1. The van der Waals surface area contributed by atoms with E-state index in [9.17, 15) is 4.79 Å². The first-order valence-corrected chi connectivity index (χ1v) is 10.0. The Labute approximate surface area is 159 Å². The van der Waals surface area contributed by atoms with Gasteiger partial charge in [0.05, 0.1) is 17.3 Å². The molecule has 0 bridgehead atoms. The van der Waals surface area contributed by atoms with Crippen LogP contribution in [0.4, 0.5) is 0 Å². The van der Waals surface area contributed by atoms with E-state index in [2.05, 4.69) is 0 Å². The molecule has 0 aliphatic carbocycles. The van der Waals surface area contributed by atoms with Gasteiger partial charge in [-0.05, 0) is 35.9 Å². The molecule has 0 saturated carbocycles. The third-order valence-corrected chi connectivity index (χ3v) is 6.92. The Balaban J connectivity index is 1.82. The second-order valence-corrected chi connectivity index (χ2v) is 8.63. The van der Waals surface area contributed by atoms with Crippen LogP contribution in [0.5, 0.6) is 11.5 Å². The maximum absolute atomic E-state index is 12.3. The van der Waals surface area contributed by atoms with Crippen molar-refractivity contribution in [1.82, 2.24) is 0 Å². The number of rotatable bonds is 4. The molecule has 1 fully saturated rings. The zero-order valence-electron chi connectivity index (χ0n) is 12.8. The molecule has 0 amide bonds. The van der Waals surface area contributed by atoms with Gasteiger partial charge in [0.2, 0.25) is 0 Å². The van der Waals surface area contributed by atoms with Gasteiger partial charge >= 0.3 is 5.97 Å². The van der Waals surface area contributed by atoms with Crippen LogP contribution < -0.4 is 9.47 Å². The fourth-order valence-electron chi connectivity index (χ4n) is 2.30. The molecule has 1 aliphatic heterocycles. The molecule has 0 unspecified atom stereocenters. The van der Waals surface area contributed by atoms with Crippen LogP contribution in [0.15, 0.2) is 36.4 Å². The predicted molar refractivity (Wildman–Crippen MR) is 102 cm³/mol. The molecule has 1 aliphatic rings. The quantitative estimate of drug-likeness (QED) is 0.485. The third-order valence-electron chi connectivity index (χ3n) is 3.38. The van der Waals surface area contributed by atoms with Crippen LogP contribution in [-0.2, 0) is 0 Å². The molecule has 1 saturated heterocycles. The summed E-state index contributed by atoms with van der Waals surface area (Å²) in [7, 11) is 1.56. The molecular weight excluding hydrogens is 387 g/mol. The lowest BCUT2D eigenvalue weighted by atomic mass is 10.2. The first kappa shape index (κ1) is 17.8. The Morgan fingerprint density at radius 1 is 1.04 bits per heavy atom. The third kappa shape index (κ3) is 4.14. The highest BCUT2D eigenvalue weighted by atomic mass is 35.5. The molecule has 0 aromatic heterocycles. The van der Waals surface area contributed by atoms with Crippen LogP contribution >= 0.6 is 46.7 Å². The van der Waals surface area contributed by atoms with Crippen molar-refractivity contribution in [2.75, 3.05) is 18.6 Å². The van der Waals surface area contributed by atoms with Crippen LogP contribution in [0.25, 0.3) is 0 Å². The van der Waals surface area contributed by atoms with Gasteiger partial charge in [-0.3, -0.25) is 0 Å². The van der Waals surface area contributed by atoms with Crippen molar-refractivity contribution in [3.8, 4) is 11.5 Å². The molecule has 1 heterocycles. The maximum atomic E-state index is 12.3. The van der Waals surface area contributed by atoms with Gasteiger partial charge in [0.15, 0.2) is 11.5 Å². The van der Waals surface area contributed by atoms with Crippen molar-refractivity contribution in [2.45, 2.75) is 4.58 Å². The van der Waals surface area contributed by atoms with Gasteiger partial charge in [-0.1, -0.05) is 29.3 Å². The van der Waals surface area contributed by atoms with Crippen LogP contribution in [0.1, 0.15) is 20.5 Å². The normalized spacial score (nSPS) is 14.6. The van der Waals surface area contributed by atoms with Gasteiger partial charge < -0.3 is 9.47 Å². The van der Waals surface area contributed by atoms with E-state index < -0.39 is 5.97 Å². The number of ether oxygens (including phenoxy) is 2. The summed E-state index contributed by atoms with van der Waals surface area (Å²) in [6.07, 6.45) is 0. The number of benzene rings is 2. The smallest absolute Gasteiger partial charge is 0.343 e. The van der Waals surface area contributed by atoms with Crippen LogP contribution in [0, 0.1) is 0 Å². The summed E-state index contributed by atoms with van der Waals surface area (Å²) in [4.78, 5) is 12.3. The molecule has 2 aromatic carbocycles. The Morgan fingerprint density at radius 2 is 1.71 bits per heavy atom. The fraction of sp³-hybridized carbons (Fsp3) is 0.235. The van der Waals surface area contributed by atoms with Crippen molar-refractivity contribution >= 4 is 52.7 Å². The summed E-state index contributed by atoms with van der Waals surface area (Å²) in [6.45, 7) is 0. The van der Waals surface area contributed by atoms with E-state index in [1.807, 2.05) is 35.7 Å². The number of thioether (sulfide) groups is 2. The molecule has 7 heteroatoms. The summed E-state index contributed by atoms with van der Waals surface area (Å²) >= 11 is 15.7. The fourth-order valence-corrected chi connectivity index (χ4v) is 5.66. The lowest BCUT2D eigenvalue weighted by molar-refractivity contribution is 0.0729. The molecule has 0 N–H and O–H groups in total. The van der Waals surface area contributed by atoms with E-state index in [0.717, 1.165) is 17.1 Å². The number of hydrogen-bond acceptors (Lipinski definition) is 5. The monoisotopic (exact) mass is 400 g/mol. The van der Waals surface area contributed by atoms with Crippen molar-refractivity contribution in [2.24, 2.45) is 0 Å². The van der Waals surface area contributed by atoms with Crippen LogP contribution in [-0.4, -0.2) is 24.6 Å². The average Bonchev–Trinajstić information content (AvgIpc) is 3.08. The highest BCUT2D eigenvalue weighted by Gasteiger charge is 2.21. The minimum absolute atomic E-state index is 0.292. The number of carbonyl (C=O) groups excluding carboxylic acids is 1. The summed E-state index contributed by atoms with van der Waals surface area (Å²) in [5.74, 6) is 2.65. The van der Waals surface area contributed by atoms with Gasteiger partial charge in [-0.2, -0.15) is 0 Å².